The Hall–Kier alpha value is -1.18. The summed E-state index contributed by atoms with van der Waals surface area (Å²) in [5.41, 5.74) is 4.58. The van der Waals surface area contributed by atoms with Crippen LogP contribution < -0.4 is 11.1 Å². The van der Waals surface area contributed by atoms with Crippen molar-refractivity contribution in [3.8, 4) is 0 Å². The van der Waals surface area contributed by atoms with Crippen molar-refractivity contribution in [1.82, 2.24) is 5.32 Å². The number of carboxylic acids is 1. The fourth-order valence-corrected chi connectivity index (χ4v) is 2.67. The Balaban J connectivity index is 1.86. The molecule has 0 bridgehead atoms. The average molecular weight is 286 g/mol. The van der Waals surface area contributed by atoms with Crippen molar-refractivity contribution in [1.29, 1.82) is 0 Å². The molecule has 0 aliphatic carbocycles. The van der Waals surface area contributed by atoms with Crippen molar-refractivity contribution in [2.75, 3.05) is 26.3 Å². The molecule has 2 saturated heterocycles. The topological polar surface area (TPSA) is 111 Å². The first-order valence-corrected chi connectivity index (χ1v) is 7.02. The van der Waals surface area contributed by atoms with Crippen LogP contribution in [-0.2, 0) is 19.1 Å². The number of nitrogens with one attached hydrogen (secondary N) is 1. The molecule has 2 heterocycles. The molecule has 2 fully saturated rings. The molecule has 0 aromatic carbocycles. The number of aliphatic carboxylic acids is 1. The molecule has 7 heteroatoms. The van der Waals surface area contributed by atoms with Gasteiger partial charge in [-0.05, 0) is 25.7 Å². The van der Waals surface area contributed by atoms with Crippen LogP contribution in [0.3, 0.4) is 0 Å². The lowest BCUT2D eigenvalue weighted by molar-refractivity contribution is -0.155. The number of carbonyl (C=O) groups is 2. The fourth-order valence-electron chi connectivity index (χ4n) is 2.67. The molecule has 0 radical (unpaired) electrons. The summed E-state index contributed by atoms with van der Waals surface area (Å²) in [5.74, 6) is -1.12. The Morgan fingerprint density at radius 2 is 2.00 bits per heavy atom. The summed E-state index contributed by atoms with van der Waals surface area (Å²) in [5, 5.41) is 12.1. The molecular formula is C13H22N2O5. The number of nitrogens with two attached hydrogens (primary N) is 1. The molecule has 1 amide bonds. The summed E-state index contributed by atoms with van der Waals surface area (Å²) in [7, 11) is 0. The molecule has 2 atom stereocenters. The van der Waals surface area contributed by atoms with Gasteiger partial charge in [-0.3, -0.25) is 9.59 Å². The summed E-state index contributed by atoms with van der Waals surface area (Å²) in [4.78, 5) is 23.5. The lowest BCUT2D eigenvalue weighted by Crippen LogP contribution is -2.48. The average Bonchev–Trinajstić information content (AvgIpc) is 2.94. The summed E-state index contributed by atoms with van der Waals surface area (Å²) < 4.78 is 10.7. The largest absolute Gasteiger partial charge is 0.481 e. The maximum atomic E-state index is 12.0. The minimum atomic E-state index is -0.917. The lowest BCUT2D eigenvalue weighted by atomic mass is 9.80. The van der Waals surface area contributed by atoms with Gasteiger partial charge in [0.1, 0.15) is 6.10 Å². The highest BCUT2D eigenvalue weighted by molar-refractivity contribution is 5.82. The maximum absolute atomic E-state index is 12.0. The van der Waals surface area contributed by atoms with Crippen LogP contribution in [0, 0.1) is 5.41 Å². The van der Waals surface area contributed by atoms with Gasteiger partial charge < -0.3 is 25.6 Å². The Kier molecular flexibility index (Phi) is 4.95. The van der Waals surface area contributed by atoms with Crippen LogP contribution in [0.2, 0.25) is 0 Å². The van der Waals surface area contributed by atoms with Gasteiger partial charge >= 0.3 is 5.97 Å². The predicted octanol–water partition coefficient (Wildman–Crippen LogP) is -0.510. The van der Waals surface area contributed by atoms with Gasteiger partial charge in [-0.15, -0.1) is 0 Å². The second-order valence-electron chi connectivity index (χ2n) is 5.48. The minimum Gasteiger partial charge on any atom is -0.481 e. The van der Waals surface area contributed by atoms with Gasteiger partial charge in [-0.25, -0.2) is 0 Å². The zero-order valence-corrected chi connectivity index (χ0v) is 11.5. The maximum Gasteiger partial charge on any atom is 0.311 e. The van der Waals surface area contributed by atoms with Gasteiger partial charge in [-0.2, -0.15) is 0 Å². The van der Waals surface area contributed by atoms with Crippen molar-refractivity contribution in [2.45, 2.75) is 37.9 Å². The van der Waals surface area contributed by atoms with E-state index in [4.69, 9.17) is 15.2 Å². The molecular weight excluding hydrogens is 264 g/mol. The second-order valence-corrected chi connectivity index (χ2v) is 5.48. The van der Waals surface area contributed by atoms with Crippen LogP contribution >= 0.6 is 0 Å². The summed E-state index contributed by atoms with van der Waals surface area (Å²) in [6.45, 7) is 1.35. The normalized spacial score (nSPS) is 29.1. The first-order valence-electron chi connectivity index (χ1n) is 7.02. The fraction of sp³-hybridized carbons (Fsp3) is 0.846. The van der Waals surface area contributed by atoms with Crippen molar-refractivity contribution in [3.05, 3.63) is 0 Å². The SMILES string of the molecule is NCC1CCC(C(=O)NCC2(C(=O)O)CCOCC2)O1. The van der Waals surface area contributed by atoms with Gasteiger partial charge in [0.15, 0.2) is 0 Å². The molecule has 0 aromatic rings. The quantitative estimate of drug-likeness (QED) is 0.628. The number of rotatable bonds is 5. The highest BCUT2D eigenvalue weighted by Gasteiger charge is 2.41. The van der Waals surface area contributed by atoms with Gasteiger partial charge in [0.2, 0.25) is 5.91 Å². The third-order valence-electron chi connectivity index (χ3n) is 4.17. The van der Waals surface area contributed by atoms with E-state index in [1.165, 1.54) is 0 Å². The monoisotopic (exact) mass is 286 g/mol. The van der Waals surface area contributed by atoms with E-state index in [0.29, 0.717) is 39.0 Å². The van der Waals surface area contributed by atoms with Crippen LogP contribution in [0.25, 0.3) is 0 Å². The highest BCUT2D eigenvalue weighted by atomic mass is 16.5. The van der Waals surface area contributed by atoms with Crippen molar-refractivity contribution >= 4 is 11.9 Å². The van der Waals surface area contributed by atoms with Gasteiger partial charge in [0, 0.05) is 26.3 Å². The van der Waals surface area contributed by atoms with E-state index in [-0.39, 0.29) is 18.6 Å². The molecule has 2 aliphatic heterocycles. The third kappa shape index (κ3) is 3.28. The van der Waals surface area contributed by atoms with E-state index < -0.39 is 17.5 Å². The van der Waals surface area contributed by atoms with Gasteiger partial charge in [-0.1, -0.05) is 0 Å². The van der Waals surface area contributed by atoms with Crippen LogP contribution in [0.5, 0.6) is 0 Å². The molecule has 114 valence electrons. The molecule has 0 saturated carbocycles. The lowest BCUT2D eigenvalue weighted by Gasteiger charge is -2.33. The Morgan fingerprint density at radius 1 is 1.30 bits per heavy atom. The number of ether oxygens (including phenoxy) is 2. The second kappa shape index (κ2) is 6.51. The Labute approximate surface area is 117 Å². The number of hydrogen-bond acceptors (Lipinski definition) is 5. The molecule has 2 aliphatic rings. The Bertz CT molecular complexity index is 368. The van der Waals surface area contributed by atoms with Gasteiger partial charge in [0.05, 0.1) is 11.5 Å². The smallest absolute Gasteiger partial charge is 0.311 e. The van der Waals surface area contributed by atoms with Crippen LogP contribution in [0.4, 0.5) is 0 Å². The zero-order valence-electron chi connectivity index (χ0n) is 11.5. The number of carboxylic acid groups (broad SMARTS) is 1. The van der Waals surface area contributed by atoms with E-state index in [1.54, 1.807) is 0 Å². The molecule has 4 N–H and O–H groups in total. The van der Waals surface area contributed by atoms with E-state index >= 15 is 0 Å². The standard InChI is InChI=1S/C13H22N2O5/c14-7-9-1-2-10(20-9)11(16)15-8-13(12(17)18)3-5-19-6-4-13/h9-10H,1-8,14H2,(H,15,16)(H,17,18). The zero-order chi connectivity index (χ0) is 14.6. The summed E-state index contributed by atoms with van der Waals surface area (Å²) in [6.07, 6.45) is 1.67. The molecule has 2 unspecified atom stereocenters. The molecule has 7 nitrogen and oxygen atoms in total. The minimum absolute atomic E-state index is 0.0673. The van der Waals surface area contributed by atoms with Crippen molar-refractivity contribution in [2.24, 2.45) is 11.1 Å². The van der Waals surface area contributed by atoms with Crippen LogP contribution in [-0.4, -0.2) is 55.5 Å². The van der Waals surface area contributed by atoms with E-state index in [2.05, 4.69) is 5.32 Å². The van der Waals surface area contributed by atoms with Crippen LogP contribution in [0.15, 0.2) is 0 Å². The Morgan fingerprint density at radius 3 is 2.55 bits per heavy atom. The number of hydrogen-bond donors (Lipinski definition) is 3. The number of carbonyl (C=O) groups excluding carboxylic acids is 1. The molecule has 0 spiro atoms. The first kappa shape index (κ1) is 15.2. The first-order chi connectivity index (χ1) is 9.57. The third-order valence-corrected chi connectivity index (χ3v) is 4.17. The van der Waals surface area contributed by atoms with Crippen molar-refractivity contribution in [3.63, 3.8) is 0 Å². The van der Waals surface area contributed by atoms with E-state index in [9.17, 15) is 14.7 Å². The molecule has 0 aromatic heterocycles. The van der Waals surface area contributed by atoms with Gasteiger partial charge in [0.25, 0.3) is 0 Å². The van der Waals surface area contributed by atoms with Crippen molar-refractivity contribution < 1.29 is 24.2 Å². The molecule has 20 heavy (non-hydrogen) atoms. The predicted molar refractivity (Wildman–Crippen MR) is 70.1 cm³/mol. The van der Waals surface area contributed by atoms with E-state index in [0.717, 1.165) is 6.42 Å². The summed E-state index contributed by atoms with van der Waals surface area (Å²) >= 11 is 0. The van der Waals surface area contributed by atoms with E-state index in [1.807, 2.05) is 0 Å². The van der Waals surface area contributed by atoms with Crippen LogP contribution in [0.1, 0.15) is 25.7 Å². The highest BCUT2D eigenvalue weighted by Crippen LogP contribution is 2.30. The summed E-state index contributed by atoms with van der Waals surface area (Å²) in [6, 6.07) is 0. The number of amides is 1. The molecule has 2 rings (SSSR count).